The van der Waals surface area contributed by atoms with Gasteiger partial charge in [-0.15, -0.1) is 0 Å². The number of nitrogens with zero attached hydrogens (tertiary/aromatic N) is 4. The number of carbonyl (C=O) groups is 1. The summed E-state index contributed by atoms with van der Waals surface area (Å²) in [4.78, 5) is 41.0. The number of methoxy groups -OCH3 is 1. The van der Waals surface area contributed by atoms with Crippen LogP contribution in [0.5, 0.6) is 11.5 Å². The molecule has 2 heterocycles. The maximum atomic E-state index is 13.5. The highest BCUT2D eigenvalue weighted by molar-refractivity contribution is 5.89. The van der Waals surface area contributed by atoms with Gasteiger partial charge in [-0.25, -0.2) is 9.78 Å². The number of carbonyl (C=O) groups excluding carboxylic acids is 1. The number of rotatable bonds is 9. The van der Waals surface area contributed by atoms with Gasteiger partial charge in [0.25, 0.3) is 5.56 Å². The van der Waals surface area contributed by atoms with Crippen molar-refractivity contribution >= 4 is 39.7 Å². The van der Waals surface area contributed by atoms with Crippen LogP contribution in [0, 0.1) is 10.1 Å². The number of ether oxygens (including phenoxy) is 3. The summed E-state index contributed by atoms with van der Waals surface area (Å²) in [5.41, 5.74) is 0.415. The van der Waals surface area contributed by atoms with Crippen LogP contribution >= 0.6 is 0 Å². The Morgan fingerprint density at radius 2 is 1.90 bits per heavy atom. The van der Waals surface area contributed by atoms with Crippen LogP contribution in [0.3, 0.4) is 0 Å². The minimum Gasteiger partial charge on any atom is -0.496 e. The highest BCUT2D eigenvalue weighted by Crippen LogP contribution is 2.33. The summed E-state index contributed by atoms with van der Waals surface area (Å²) in [6.45, 7) is 2.87. The molecule has 0 saturated heterocycles. The van der Waals surface area contributed by atoms with Crippen molar-refractivity contribution in [2.45, 2.75) is 20.0 Å². The van der Waals surface area contributed by atoms with Crippen LogP contribution in [0.25, 0.3) is 33.5 Å². The van der Waals surface area contributed by atoms with E-state index in [9.17, 15) is 19.7 Å². The van der Waals surface area contributed by atoms with Gasteiger partial charge in [-0.3, -0.25) is 14.9 Å². The van der Waals surface area contributed by atoms with E-state index in [1.165, 1.54) is 24.4 Å². The number of nitro groups is 1. The minimum absolute atomic E-state index is 0.116. The first-order chi connectivity index (χ1) is 19.7. The van der Waals surface area contributed by atoms with Crippen molar-refractivity contribution in [2.24, 2.45) is 5.10 Å². The lowest BCUT2D eigenvalue weighted by atomic mass is 10.2. The average molecular weight is 557 g/mol. The van der Waals surface area contributed by atoms with Crippen molar-refractivity contribution in [3.05, 3.63) is 92.8 Å². The van der Waals surface area contributed by atoms with Crippen molar-refractivity contribution in [1.82, 2.24) is 9.66 Å². The Kier molecular flexibility index (Phi) is 7.46. The maximum absolute atomic E-state index is 13.5. The van der Waals surface area contributed by atoms with Crippen LogP contribution in [0.2, 0.25) is 0 Å². The zero-order chi connectivity index (χ0) is 29.1. The molecule has 0 fully saturated rings. The molecule has 0 saturated carbocycles. The van der Waals surface area contributed by atoms with Crippen molar-refractivity contribution in [2.75, 3.05) is 13.7 Å². The number of nitro benzene ring substituents is 1. The number of furan rings is 1. The monoisotopic (exact) mass is 556 g/mol. The topological polar surface area (TPSA) is 148 Å². The molecule has 0 N–H and O–H groups in total. The number of esters is 1. The molecule has 0 aliphatic heterocycles. The van der Waals surface area contributed by atoms with E-state index >= 15 is 0 Å². The predicted octanol–water partition coefficient (Wildman–Crippen LogP) is 4.94. The Bertz CT molecular complexity index is 1870. The molecule has 2 aromatic heterocycles. The summed E-state index contributed by atoms with van der Waals surface area (Å²) < 4.78 is 22.8. The molecule has 0 aliphatic rings. The summed E-state index contributed by atoms with van der Waals surface area (Å²) in [7, 11) is 1.54. The molecule has 0 spiro atoms. The third-order valence-corrected chi connectivity index (χ3v) is 5.93. The van der Waals surface area contributed by atoms with E-state index in [2.05, 4.69) is 10.1 Å². The Balaban J connectivity index is 1.56. The standard InChI is InChI=1S/C29H24N4O8/c1-17(2)40-27(34)16-39-25-12-11-18(13-22(25)33(36)37)15-30-32-28(31-21-8-5-4-7-19(21)29(32)35)26-14-20-23(38-3)9-6-10-24(20)41-26/h4-15,17H,16H2,1-3H3. The van der Waals surface area contributed by atoms with E-state index in [0.29, 0.717) is 33.2 Å². The van der Waals surface area contributed by atoms with Crippen molar-refractivity contribution < 1.29 is 28.3 Å². The molecule has 5 aromatic rings. The van der Waals surface area contributed by atoms with Gasteiger partial charge in [0.1, 0.15) is 11.3 Å². The number of aromatic nitrogens is 2. The average Bonchev–Trinajstić information content (AvgIpc) is 3.40. The van der Waals surface area contributed by atoms with Crippen molar-refractivity contribution in [3.63, 3.8) is 0 Å². The van der Waals surface area contributed by atoms with Gasteiger partial charge < -0.3 is 18.6 Å². The molecule has 3 aromatic carbocycles. The molecule has 0 atom stereocenters. The van der Waals surface area contributed by atoms with Gasteiger partial charge in [0.15, 0.2) is 18.1 Å². The molecule has 208 valence electrons. The second-order valence-electron chi connectivity index (χ2n) is 9.11. The number of para-hydroxylation sites is 1. The van der Waals surface area contributed by atoms with Crippen LogP contribution in [0.15, 0.2) is 81.0 Å². The summed E-state index contributed by atoms with van der Waals surface area (Å²) in [5.74, 6) is 0.213. The summed E-state index contributed by atoms with van der Waals surface area (Å²) >= 11 is 0. The summed E-state index contributed by atoms with van der Waals surface area (Å²) in [5, 5.41) is 17.1. The van der Waals surface area contributed by atoms with Gasteiger partial charge in [-0.2, -0.15) is 9.78 Å². The minimum atomic E-state index is -0.654. The Morgan fingerprint density at radius 1 is 1.10 bits per heavy atom. The van der Waals surface area contributed by atoms with E-state index in [1.54, 1.807) is 69.5 Å². The largest absolute Gasteiger partial charge is 0.496 e. The number of fused-ring (bicyclic) bond motifs is 2. The highest BCUT2D eigenvalue weighted by atomic mass is 16.6. The molecular formula is C29H24N4O8. The zero-order valence-electron chi connectivity index (χ0n) is 22.3. The lowest BCUT2D eigenvalue weighted by Gasteiger charge is -2.10. The Morgan fingerprint density at radius 3 is 2.66 bits per heavy atom. The molecule has 0 bridgehead atoms. The van der Waals surface area contributed by atoms with Crippen LogP contribution in [-0.2, 0) is 9.53 Å². The molecule has 5 rings (SSSR count). The van der Waals surface area contributed by atoms with E-state index in [4.69, 9.17) is 18.6 Å². The van der Waals surface area contributed by atoms with Crippen molar-refractivity contribution in [3.8, 4) is 23.1 Å². The molecule has 0 aliphatic carbocycles. The van der Waals surface area contributed by atoms with Gasteiger partial charge in [-0.1, -0.05) is 18.2 Å². The quantitative estimate of drug-likeness (QED) is 0.106. The SMILES string of the molecule is COc1cccc2oc(-c3nc4ccccc4c(=O)n3N=Cc3ccc(OCC(=O)OC(C)C)c([N+](=O)[O-])c3)cc12. The molecule has 41 heavy (non-hydrogen) atoms. The first-order valence-corrected chi connectivity index (χ1v) is 12.5. The van der Waals surface area contributed by atoms with Crippen molar-refractivity contribution in [1.29, 1.82) is 0 Å². The van der Waals surface area contributed by atoms with Crippen LogP contribution in [-0.4, -0.2) is 46.6 Å². The van der Waals surface area contributed by atoms with Gasteiger partial charge >= 0.3 is 11.7 Å². The fraction of sp³-hybridized carbons (Fsp3) is 0.172. The van der Waals surface area contributed by atoms with Gasteiger partial charge in [0.05, 0.1) is 40.6 Å². The van der Waals surface area contributed by atoms with E-state index in [0.717, 1.165) is 4.68 Å². The fourth-order valence-electron chi connectivity index (χ4n) is 4.15. The number of benzene rings is 3. The van der Waals surface area contributed by atoms with Gasteiger partial charge in [0.2, 0.25) is 5.82 Å². The van der Waals surface area contributed by atoms with E-state index in [-0.39, 0.29) is 29.1 Å². The number of hydrogen-bond acceptors (Lipinski definition) is 10. The van der Waals surface area contributed by atoms with Crippen LogP contribution < -0.4 is 15.0 Å². The lowest BCUT2D eigenvalue weighted by molar-refractivity contribution is -0.385. The van der Waals surface area contributed by atoms with E-state index in [1.807, 2.05) is 0 Å². The third-order valence-electron chi connectivity index (χ3n) is 5.93. The van der Waals surface area contributed by atoms with Gasteiger partial charge in [0, 0.05) is 11.6 Å². The normalized spacial score (nSPS) is 11.4. The third kappa shape index (κ3) is 5.62. The first-order valence-electron chi connectivity index (χ1n) is 12.5. The molecular weight excluding hydrogens is 532 g/mol. The smallest absolute Gasteiger partial charge is 0.344 e. The van der Waals surface area contributed by atoms with Crippen LogP contribution in [0.1, 0.15) is 19.4 Å². The Labute approximate surface area is 232 Å². The van der Waals surface area contributed by atoms with Gasteiger partial charge in [-0.05, 0) is 56.3 Å². The van der Waals surface area contributed by atoms with E-state index < -0.39 is 23.1 Å². The predicted molar refractivity (Wildman–Crippen MR) is 151 cm³/mol. The summed E-state index contributed by atoms with van der Waals surface area (Å²) in [6, 6.07) is 17.9. The second kappa shape index (κ2) is 11.3. The maximum Gasteiger partial charge on any atom is 0.344 e. The highest BCUT2D eigenvalue weighted by Gasteiger charge is 2.20. The Hall–Kier alpha value is -5.52. The zero-order valence-corrected chi connectivity index (χ0v) is 22.3. The van der Waals surface area contributed by atoms with Crippen LogP contribution in [0.4, 0.5) is 5.69 Å². The molecule has 0 radical (unpaired) electrons. The molecule has 12 nitrogen and oxygen atoms in total. The fourth-order valence-corrected chi connectivity index (χ4v) is 4.15. The second-order valence-corrected chi connectivity index (χ2v) is 9.11. The first kappa shape index (κ1) is 27.1. The summed E-state index contributed by atoms with van der Waals surface area (Å²) in [6.07, 6.45) is 0.938. The lowest BCUT2D eigenvalue weighted by Crippen LogP contribution is -2.20. The molecule has 0 unspecified atom stereocenters. The molecule has 12 heteroatoms. The molecule has 0 amide bonds. The number of hydrogen-bond donors (Lipinski definition) is 0.